The highest BCUT2D eigenvalue weighted by Crippen LogP contribution is 2.37. The Balaban J connectivity index is 1.88. The molecule has 1 unspecified atom stereocenters. The number of anilines is 1. The molecule has 0 radical (unpaired) electrons. The predicted molar refractivity (Wildman–Crippen MR) is 249 cm³/mol. The molecule has 2 heterocycles. The summed E-state index contributed by atoms with van der Waals surface area (Å²) in [5, 5.41) is 17.2. The second-order valence-corrected chi connectivity index (χ2v) is 19.8. The van der Waals surface area contributed by atoms with E-state index in [2.05, 4.69) is 37.7 Å². The van der Waals surface area contributed by atoms with Crippen LogP contribution in [0.1, 0.15) is 126 Å². The Morgan fingerprint density at radius 1 is 1.09 bits per heavy atom. The highest BCUT2D eigenvalue weighted by atomic mass is 32.1. The van der Waals surface area contributed by atoms with Gasteiger partial charge < -0.3 is 39.9 Å². The number of phosphoric acid groups is 1. The molecule has 5 N–H and O–H groups in total. The molecule has 1 aliphatic rings. The van der Waals surface area contributed by atoms with Crippen LogP contribution in [0.25, 0.3) is 0 Å². The van der Waals surface area contributed by atoms with Crippen LogP contribution in [0.5, 0.6) is 5.75 Å². The van der Waals surface area contributed by atoms with Gasteiger partial charge in [-0.3, -0.25) is 33.7 Å². The molecule has 364 valence electrons. The molecule has 65 heavy (non-hydrogen) atoms. The van der Waals surface area contributed by atoms with Gasteiger partial charge in [-0.15, -0.1) is 11.3 Å². The van der Waals surface area contributed by atoms with Crippen molar-refractivity contribution in [2.45, 2.75) is 130 Å². The van der Waals surface area contributed by atoms with Crippen molar-refractivity contribution in [2.24, 2.45) is 23.7 Å². The number of likely N-dealkylation sites (tertiary alicyclic amines) is 1. The fourth-order valence-electron chi connectivity index (χ4n) is 7.92. The Labute approximate surface area is 391 Å². The fourth-order valence-corrected chi connectivity index (χ4v) is 9.10. The Kier molecular flexibility index (Phi) is 22.5. The first kappa shape index (κ1) is 55.4. The molecule has 18 nitrogen and oxygen atoms in total. The van der Waals surface area contributed by atoms with Crippen LogP contribution < -0.4 is 15.4 Å². The number of likely N-dealkylation sites (N-methyl/N-ethyl adjacent to an activating group) is 1. The second-order valence-electron chi connectivity index (χ2n) is 17.3. The number of thiazole rings is 1. The summed E-state index contributed by atoms with van der Waals surface area (Å²) >= 11 is 5.24. The number of nitrogens with zero attached hydrogens (tertiary/aromatic N) is 3. The first-order valence-electron chi connectivity index (χ1n) is 22.1. The van der Waals surface area contributed by atoms with Crippen molar-refractivity contribution in [3.8, 4) is 5.75 Å². The van der Waals surface area contributed by atoms with Crippen LogP contribution in [0.3, 0.4) is 0 Å². The Morgan fingerprint density at radius 3 is 2.40 bits per heavy atom. The Morgan fingerprint density at radius 2 is 1.80 bits per heavy atom. The van der Waals surface area contributed by atoms with Crippen LogP contribution in [-0.2, 0) is 44.2 Å². The van der Waals surface area contributed by atoms with Gasteiger partial charge in [-0.25, -0.2) is 14.1 Å². The summed E-state index contributed by atoms with van der Waals surface area (Å²) in [6.07, 6.45) is 3.54. The number of hydrogen-bond acceptors (Lipinski definition) is 14. The summed E-state index contributed by atoms with van der Waals surface area (Å²) in [7, 11) is -1.19. The van der Waals surface area contributed by atoms with Gasteiger partial charge in [0.05, 0.1) is 17.6 Å². The molecular weight excluding hydrogens is 902 g/mol. The van der Waals surface area contributed by atoms with Gasteiger partial charge in [0.25, 0.3) is 5.91 Å². The number of carbonyl (C=O) groups excluding carboxylic acids is 5. The van der Waals surface area contributed by atoms with Crippen molar-refractivity contribution in [1.29, 1.82) is 0 Å². The minimum atomic E-state index is -4.86. The number of ketones is 1. The number of Topliss-reactive ketones (excluding diaryl/α,β-unsaturated/α-hetero) is 1. The molecule has 0 aliphatic carbocycles. The molecule has 1 aromatic heterocycles. The van der Waals surface area contributed by atoms with Crippen molar-refractivity contribution in [2.75, 3.05) is 38.5 Å². The summed E-state index contributed by atoms with van der Waals surface area (Å²) in [6, 6.07) is 3.16. The summed E-state index contributed by atoms with van der Waals surface area (Å²) in [6.45, 7) is 10.7. The van der Waals surface area contributed by atoms with Crippen LogP contribution in [0.15, 0.2) is 23.6 Å². The number of esters is 1. The highest BCUT2D eigenvalue weighted by molar-refractivity contribution is 7.80. The molecule has 1 aromatic carbocycles. The number of nitrogens with one attached hydrogen (secondary N) is 2. The van der Waals surface area contributed by atoms with Gasteiger partial charge in [0.2, 0.25) is 11.8 Å². The van der Waals surface area contributed by atoms with E-state index < -0.39 is 62.5 Å². The standard InChI is InChI=1S/C44H68N5O13PS2/c1-9-27(4)32(22-37(51)35-13-10-11-17-48(35)7)43(54)49(8)36(26(2)3)23-39(62-29(6)50)42-47-34(24-65-42)41(53)45-31(19-28(5)44(55)56)20-30-15-16-38(60-25-61-63(57,58)59)33(21-30)46-40(52)14-12-18-64/h15-16,21,24,26-28,31-32,35-36,39,64H,9-14,17-20,22-23,25H2,1-8H3,(H,45,53)(H,46,52)(H,55,56)(H2,57,58,59)/t27-,28?,31+,32-,35+,36+,39+/m0/s1. The van der Waals surface area contributed by atoms with Crippen LogP contribution in [0.4, 0.5) is 5.69 Å². The highest BCUT2D eigenvalue weighted by Gasteiger charge is 2.38. The zero-order valence-corrected chi connectivity index (χ0v) is 41.3. The molecule has 21 heteroatoms. The second kappa shape index (κ2) is 26.4. The third-order valence-electron chi connectivity index (χ3n) is 11.8. The maximum absolute atomic E-state index is 14.4. The molecule has 3 amide bonds. The number of ether oxygens (including phenoxy) is 2. The van der Waals surface area contributed by atoms with E-state index >= 15 is 0 Å². The number of carbonyl (C=O) groups is 6. The van der Waals surface area contributed by atoms with Crippen LogP contribution in [0.2, 0.25) is 0 Å². The first-order chi connectivity index (χ1) is 30.5. The lowest BCUT2D eigenvalue weighted by atomic mass is 9.83. The number of amides is 3. The van der Waals surface area contributed by atoms with Crippen molar-refractivity contribution in [3.05, 3.63) is 39.8 Å². The van der Waals surface area contributed by atoms with Crippen LogP contribution in [0, 0.1) is 23.7 Å². The molecule has 1 saturated heterocycles. The third-order valence-corrected chi connectivity index (χ3v) is 13.5. The van der Waals surface area contributed by atoms with Gasteiger partial charge in [0, 0.05) is 56.6 Å². The van der Waals surface area contributed by atoms with Crippen molar-refractivity contribution in [1.82, 2.24) is 20.1 Å². The number of aromatic nitrogens is 1. The van der Waals surface area contributed by atoms with Crippen LogP contribution >= 0.6 is 31.8 Å². The molecule has 1 fully saturated rings. The van der Waals surface area contributed by atoms with Crippen molar-refractivity contribution >= 4 is 72.9 Å². The number of carboxylic acids is 1. The third kappa shape index (κ3) is 18.0. The molecule has 0 spiro atoms. The summed E-state index contributed by atoms with van der Waals surface area (Å²) in [5.74, 6) is -3.85. The molecule has 7 atom stereocenters. The van der Waals surface area contributed by atoms with Crippen molar-refractivity contribution < 1.29 is 62.2 Å². The Bertz CT molecular complexity index is 1980. The van der Waals surface area contributed by atoms with E-state index in [0.717, 1.165) is 37.1 Å². The Hall–Kier alpha value is -3.91. The predicted octanol–water partition coefficient (Wildman–Crippen LogP) is 6.27. The lowest BCUT2D eigenvalue weighted by molar-refractivity contribution is -0.149. The fraction of sp³-hybridized carbons (Fsp3) is 0.659. The monoisotopic (exact) mass is 969 g/mol. The quantitative estimate of drug-likeness (QED) is 0.0250. The number of aliphatic carboxylic acids is 1. The number of carboxylic acid groups (broad SMARTS) is 1. The minimum absolute atomic E-state index is 0.00316. The number of rotatable bonds is 27. The zero-order valence-electron chi connectivity index (χ0n) is 38.7. The molecule has 1 aliphatic heterocycles. The molecule has 3 rings (SSSR count). The van der Waals surface area contributed by atoms with E-state index in [1.54, 1.807) is 24.1 Å². The number of piperidine rings is 1. The van der Waals surface area contributed by atoms with E-state index in [1.807, 2.05) is 34.7 Å². The average Bonchev–Trinajstić information content (AvgIpc) is 3.73. The number of phosphoric ester groups is 1. The largest absolute Gasteiger partial charge is 0.481 e. The topological polar surface area (TPSA) is 251 Å². The summed E-state index contributed by atoms with van der Waals surface area (Å²) in [5.41, 5.74) is 0.699. The zero-order chi connectivity index (χ0) is 48.6. The molecule has 0 bridgehead atoms. The smallest absolute Gasteiger partial charge is 0.472 e. The van der Waals surface area contributed by atoms with E-state index in [4.69, 9.17) is 19.3 Å². The van der Waals surface area contributed by atoms with Gasteiger partial charge in [-0.2, -0.15) is 12.6 Å². The number of benzene rings is 1. The number of hydrogen-bond donors (Lipinski definition) is 6. The normalized spacial score (nSPS) is 17.3. The first-order valence-corrected chi connectivity index (χ1v) is 25.1. The SMILES string of the molecule is CC[C@H](C)[C@H](CC(=O)[C@H]1CCCCN1C)C(=O)N(C)[C@H](C[C@@H](OC(C)=O)c1nc(C(=O)N[C@@H](Cc2ccc(OCOP(=O)(O)O)c(NC(=O)CCCS)c2)CC(C)C(=O)O)cs1)C(C)C. The lowest BCUT2D eigenvalue weighted by Gasteiger charge is -2.37. The molecular formula is C44H68N5O13PS2. The molecule has 2 aromatic rings. The van der Waals surface area contributed by atoms with E-state index in [9.17, 15) is 38.4 Å². The average molecular weight is 970 g/mol. The van der Waals surface area contributed by atoms with E-state index in [1.165, 1.54) is 25.3 Å². The summed E-state index contributed by atoms with van der Waals surface area (Å²) < 4.78 is 26.8. The van der Waals surface area contributed by atoms with Gasteiger partial charge in [-0.05, 0) is 81.0 Å². The molecule has 0 saturated carbocycles. The lowest BCUT2D eigenvalue weighted by Crippen LogP contribution is -2.48. The van der Waals surface area contributed by atoms with Gasteiger partial charge >= 0.3 is 19.8 Å². The maximum Gasteiger partial charge on any atom is 0.472 e. The van der Waals surface area contributed by atoms with Crippen molar-refractivity contribution in [3.63, 3.8) is 0 Å². The minimum Gasteiger partial charge on any atom is -0.481 e. The maximum atomic E-state index is 14.4. The van der Waals surface area contributed by atoms with Crippen LogP contribution in [-0.4, -0.2) is 116 Å². The number of thiol groups is 1. The van der Waals surface area contributed by atoms with E-state index in [0.29, 0.717) is 29.2 Å². The van der Waals surface area contributed by atoms with Gasteiger partial charge in [-0.1, -0.05) is 53.5 Å². The summed E-state index contributed by atoms with van der Waals surface area (Å²) in [4.78, 5) is 106. The van der Waals surface area contributed by atoms with Gasteiger partial charge in [0.1, 0.15) is 16.5 Å². The van der Waals surface area contributed by atoms with E-state index in [-0.39, 0.29) is 84.7 Å². The van der Waals surface area contributed by atoms with Gasteiger partial charge in [0.15, 0.2) is 18.7 Å².